The maximum Gasteiger partial charge on any atom is 0.290 e. The first-order valence-electron chi connectivity index (χ1n) is 12.7. The Balaban J connectivity index is 0.00000127. The van der Waals surface area contributed by atoms with Crippen LogP contribution in [-0.4, -0.2) is 93.7 Å². The largest absolute Gasteiger partial charge is 0.494 e. The van der Waals surface area contributed by atoms with Gasteiger partial charge in [0.05, 0.1) is 11.5 Å². The maximum atomic E-state index is 12.9. The first-order chi connectivity index (χ1) is 18.2. The second-order valence-corrected chi connectivity index (χ2v) is 11.3. The lowest BCUT2D eigenvalue weighted by Gasteiger charge is -2.34. The van der Waals surface area contributed by atoms with Gasteiger partial charge in [0.2, 0.25) is 5.91 Å². The smallest absolute Gasteiger partial charge is 0.290 e. The number of carboxylic acid groups (broad SMARTS) is 1. The molecule has 38 heavy (non-hydrogen) atoms. The lowest BCUT2D eigenvalue weighted by Crippen LogP contribution is -2.52. The van der Waals surface area contributed by atoms with Crippen molar-refractivity contribution >= 4 is 33.8 Å². The molecule has 11 heteroatoms. The molecule has 0 atom stereocenters. The molecule has 2 heterocycles. The second kappa shape index (κ2) is 13.9. The molecule has 1 N–H and O–H groups in total. The van der Waals surface area contributed by atoms with Crippen LogP contribution in [0, 0.1) is 0 Å². The zero-order chi connectivity index (χ0) is 27.5. The molecular formula is C27H35N3O7S. The number of piperazine rings is 1. The van der Waals surface area contributed by atoms with E-state index in [-0.39, 0.29) is 35.3 Å². The minimum absolute atomic E-state index is 0.0588. The number of rotatable bonds is 8. The van der Waals surface area contributed by atoms with Crippen molar-refractivity contribution in [1.82, 2.24) is 9.80 Å². The van der Waals surface area contributed by atoms with E-state index in [2.05, 4.69) is 4.90 Å². The van der Waals surface area contributed by atoms with Crippen LogP contribution in [0.5, 0.6) is 5.75 Å². The van der Waals surface area contributed by atoms with Gasteiger partial charge in [-0.25, -0.2) is 8.42 Å². The topological polar surface area (TPSA) is 125 Å². The molecule has 206 valence electrons. The fraction of sp³-hybridized carbons (Fsp3) is 0.444. The van der Waals surface area contributed by atoms with Gasteiger partial charge in [0, 0.05) is 37.1 Å². The van der Waals surface area contributed by atoms with Gasteiger partial charge in [0.1, 0.15) is 12.3 Å². The highest BCUT2D eigenvalue weighted by Gasteiger charge is 2.29. The highest BCUT2D eigenvalue weighted by atomic mass is 32.2. The van der Waals surface area contributed by atoms with Crippen molar-refractivity contribution in [1.29, 1.82) is 0 Å². The van der Waals surface area contributed by atoms with Gasteiger partial charge >= 0.3 is 0 Å². The minimum Gasteiger partial charge on any atom is -0.494 e. The van der Waals surface area contributed by atoms with Crippen molar-refractivity contribution in [3.05, 3.63) is 54.1 Å². The Morgan fingerprint density at radius 2 is 1.71 bits per heavy atom. The Hall–Kier alpha value is -3.44. The fourth-order valence-electron chi connectivity index (χ4n) is 4.55. The molecule has 0 unspecified atom stereocenters. The number of sulfone groups is 1. The zero-order valence-electron chi connectivity index (χ0n) is 21.6. The minimum atomic E-state index is -3.42. The van der Waals surface area contributed by atoms with Crippen LogP contribution in [0.4, 0.5) is 5.69 Å². The van der Waals surface area contributed by atoms with E-state index in [1.54, 1.807) is 17.0 Å². The number of carbonyl (C=O) groups is 3. The molecule has 2 saturated heterocycles. The number of nitrogens with zero attached hydrogens (tertiary/aromatic N) is 3. The molecule has 0 radical (unpaired) electrons. The van der Waals surface area contributed by atoms with Crippen molar-refractivity contribution in [3.8, 4) is 5.75 Å². The summed E-state index contributed by atoms with van der Waals surface area (Å²) in [7, 11) is -3.42. The summed E-state index contributed by atoms with van der Waals surface area (Å²) >= 11 is 0. The van der Waals surface area contributed by atoms with E-state index < -0.39 is 9.84 Å². The first kappa shape index (κ1) is 29.1. The van der Waals surface area contributed by atoms with Crippen LogP contribution in [0.15, 0.2) is 53.4 Å². The quantitative estimate of drug-likeness (QED) is 0.396. The third kappa shape index (κ3) is 8.29. The zero-order valence-corrected chi connectivity index (χ0v) is 22.4. The second-order valence-electron chi connectivity index (χ2n) is 9.28. The van der Waals surface area contributed by atoms with Crippen molar-refractivity contribution in [3.63, 3.8) is 0 Å². The summed E-state index contributed by atoms with van der Waals surface area (Å²) in [5, 5.41) is 6.89. The maximum absolute atomic E-state index is 12.9. The van der Waals surface area contributed by atoms with Crippen LogP contribution in [0.2, 0.25) is 0 Å². The molecule has 0 bridgehead atoms. The van der Waals surface area contributed by atoms with Crippen LogP contribution in [-0.2, 0) is 19.4 Å². The van der Waals surface area contributed by atoms with Crippen LogP contribution < -0.4 is 9.64 Å². The molecule has 2 aromatic rings. The molecule has 10 nitrogen and oxygen atoms in total. The molecule has 0 saturated carbocycles. The summed E-state index contributed by atoms with van der Waals surface area (Å²) < 4.78 is 29.5. The van der Waals surface area contributed by atoms with Gasteiger partial charge in [-0.15, -0.1) is 0 Å². The number of piperidine rings is 1. The summed E-state index contributed by atoms with van der Waals surface area (Å²) in [5.41, 5.74) is 1.03. The molecule has 2 aromatic carbocycles. The monoisotopic (exact) mass is 545 g/mol. The average Bonchev–Trinajstić information content (AvgIpc) is 2.92. The Morgan fingerprint density at radius 1 is 1.03 bits per heavy atom. The van der Waals surface area contributed by atoms with Gasteiger partial charge in [0.15, 0.2) is 9.84 Å². The molecule has 0 spiro atoms. The van der Waals surface area contributed by atoms with Gasteiger partial charge in [-0.3, -0.25) is 14.4 Å². The number of anilines is 1. The molecule has 2 fully saturated rings. The van der Waals surface area contributed by atoms with Crippen LogP contribution in [0.3, 0.4) is 0 Å². The third-order valence-electron chi connectivity index (χ3n) is 6.50. The standard InChI is InChI=1S/C26H33N3O5S.CH2O2/c1-35(32,33)24-8-5-7-21(19-24)26(31)28-16-17-29(25(30)20-28)22-9-11-23(12-10-22)34-18-6-15-27-13-3-2-4-14-27;2-1-3/h5,7-12,19H,2-4,6,13-18,20H2,1H3;1H,(H,2,3). The van der Waals surface area contributed by atoms with Gasteiger partial charge in [-0.1, -0.05) is 12.5 Å². The SMILES string of the molecule is CS(=O)(=O)c1cccc(C(=O)N2CCN(c3ccc(OCCCN4CCCCC4)cc3)C(=O)C2)c1.O=CO. The number of benzene rings is 2. The highest BCUT2D eigenvalue weighted by molar-refractivity contribution is 7.90. The molecule has 2 aliphatic rings. The Morgan fingerprint density at radius 3 is 2.34 bits per heavy atom. The summed E-state index contributed by atoms with van der Waals surface area (Å²) in [6.07, 6.45) is 6.01. The number of ether oxygens (including phenoxy) is 1. The van der Waals surface area contributed by atoms with E-state index in [1.165, 1.54) is 49.4 Å². The van der Waals surface area contributed by atoms with Crippen LogP contribution in [0.25, 0.3) is 0 Å². The fourth-order valence-corrected chi connectivity index (χ4v) is 5.21. The molecule has 2 aliphatic heterocycles. The Labute approximate surface area is 223 Å². The van der Waals surface area contributed by atoms with Crippen molar-refractivity contribution in [2.75, 3.05) is 57.0 Å². The normalized spacial score (nSPS) is 16.4. The predicted molar refractivity (Wildman–Crippen MR) is 143 cm³/mol. The van der Waals surface area contributed by atoms with Gasteiger partial charge < -0.3 is 24.5 Å². The van der Waals surface area contributed by atoms with E-state index in [9.17, 15) is 18.0 Å². The number of hydrogen-bond acceptors (Lipinski definition) is 7. The van der Waals surface area contributed by atoms with E-state index >= 15 is 0 Å². The molecule has 0 aliphatic carbocycles. The first-order valence-corrected chi connectivity index (χ1v) is 14.5. The third-order valence-corrected chi connectivity index (χ3v) is 7.61. The highest BCUT2D eigenvalue weighted by Crippen LogP contribution is 2.23. The molecular weight excluding hydrogens is 510 g/mol. The summed E-state index contributed by atoms with van der Waals surface area (Å²) in [4.78, 5) is 39.8. The van der Waals surface area contributed by atoms with Crippen molar-refractivity contribution in [2.24, 2.45) is 0 Å². The Bertz CT molecular complexity index is 1200. The molecule has 4 rings (SSSR count). The van der Waals surface area contributed by atoms with E-state index in [0.29, 0.717) is 19.7 Å². The number of carbonyl (C=O) groups excluding carboxylic acids is 2. The molecule has 0 aromatic heterocycles. The van der Waals surface area contributed by atoms with Crippen LogP contribution in [0.1, 0.15) is 36.0 Å². The van der Waals surface area contributed by atoms with Crippen molar-refractivity contribution < 1.29 is 32.6 Å². The summed E-state index contributed by atoms with van der Waals surface area (Å²) in [6.45, 7) is 4.53. The van der Waals surface area contributed by atoms with E-state index in [4.69, 9.17) is 14.6 Å². The number of likely N-dealkylation sites (tertiary alicyclic amines) is 1. The van der Waals surface area contributed by atoms with E-state index in [1.807, 2.05) is 24.3 Å². The van der Waals surface area contributed by atoms with Crippen LogP contribution >= 0.6 is 0 Å². The Kier molecular flexibility index (Phi) is 10.7. The molecule has 2 amide bonds. The summed E-state index contributed by atoms with van der Waals surface area (Å²) in [6, 6.07) is 13.4. The van der Waals surface area contributed by atoms with Gasteiger partial charge in [-0.05, 0) is 74.8 Å². The number of amides is 2. The number of hydrogen-bond donors (Lipinski definition) is 1. The van der Waals surface area contributed by atoms with Crippen molar-refractivity contribution in [2.45, 2.75) is 30.6 Å². The summed E-state index contributed by atoms with van der Waals surface area (Å²) in [5.74, 6) is 0.246. The average molecular weight is 546 g/mol. The lowest BCUT2D eigenvalue weighted by atomic mass is 10.1. The lowest BCUT2D eigenvalue weighted by molar-refractivity contribution is -0.123. The predicted octanol–water partition coefficient (Wildman–Crippen LogP) is 2.53. The van der Waals surface area contributed by atoms with Gasteiger partial charge in [-0.2, -0.15) is 0 Å². The van der Waals surface area contributed by atoms with E-state index in [0.717, 1.165) is 30.7 Å². The van der Waals surface area contributed by atoms with Gasteiger partial charge in [0.25, 0.3) is 12.4 Å².